The highest BCUT2D eigenvalue weighted by atomic mass is 16.2. The van der Waals surface area contributed by atoms with E-state index in [-0.39, 0.29) is 11.9 Å². The molecule has 1 saturated heterocycles. The number of carbonyl (C=O) groups is 2. The van der Waals surface area contributed by atoms with Crippen molar-refractivity contribution in [1.82, 2.24) is 14.7 Å². The van der Waals surface area contributed by atoms with Crippen LogP contribution in [-0.2, 0) is 4.79 Å². The standard InChI is InChI=1S/C12H22N4O2/c1-14(2)11(18)16-8-6-15(7-9-16)10(17)12(13)4-3-5-12/h3-9,13H2,1-2H3. The van der Waals surface area contributed by atoms with Gasteiger partial charge in [0, 0.05) is 40.3 Å². The average Bonchev–Trinajstić information content (AvgIpc) is 2.34. The lowest BCUT2D eigenvalue weighted by Crippen LogP contribution is -2.63. The third-order valence-corrected chi connectivity index (χ3v) is 3.89. The Labute approximate surface area is 108 Å². The van der Waals surface area contributed by atoms with Crippen molar-refractivity contribution in [3.05, 3.63) is 0 Å². The van der Waals surface area contributed by atoms with Gasteiger partial charge in [0.1, 0.15) is 0 Å². The first-order valence-electron chi connectivity index (χ1n) is 6.48. The number of carbonyl (C=O) groups excluding carboxylic acids is 2. The van der Waals surface area contributed by atoms with Gasteiger partial charge in [0.05, 0.1) is 5.54 Å². The first-order valence-corrected chi connectivity index (χ1v) is 6.48. The number of nitrogens with two attached hydrogens (primary N) is 1. The molecule has 6 heteroatoms. The van der Waals surface area contributed by atoms with Crippen molar-refractivity contribution in [3.8, 4) is 0 Å². The van der Waals surface area contributed by atoms with E-state index in [0.29, 0.717) is 26.2 Å². The van der Waals surface area contributed by atoms with Crippen LogP contribution in [0.3, 0.4) is 0 Å². The molecule has 6 nitrogen and oxygen atoms in total. The van der Waals surface area contributed by atoms with Crippen molar-refractivity contribution in [2.45, 2.75) is 24.8 Å². The Bertz CT molecular complexity index is 344. The van der Waals surface area contributed by atoms with E-state index in [2.05, 4.69) is 0 Å². The number of amides is 3. The van der Waals surface area contributed by atoms with Gasteiger partial charge in [-0.05, 0) is 19.3 Å². The largest absolute Gasteiger partial charge is 0.338 e. The van der Waals surface area contributed by atoms with Crippen LogP contribution in [0.4, 0.5) is 4.79 Å². The summed E-state index contributed by atoms with van der Waals surface area (Å²) in [7, 11) is 3.48. The van der Waals surface area contributed by atoms with Crippen LogP contribution >= 0.6 is 0 Å². The molecule has 0 atom stereocenters. The summed E-state index contributed by atoms with van der Waals surface area (Å²) in [5, 5.41) is 0. The fourth-order valence-electron chi connectivity index (χ4n) is 2.47. The van der Waals surface area contributed by atoms with E-state index < -0.39 is 5.54 Å². The van der Waals surface area contributed by atoms with Crippen molar-refractivity contribution in [3.63, 3.8) is 0 Å². The zero-order chi connectivity index (χ0) is 13.3. The molecule has 1 aliphatic carbocycles. The van der Waals surface area contributed by atoms with Crippen molar-refractivity contribution >= 4 is 11.9 Å². The molecule has 2 aliphatic rings. The van der Waals surface area contributed by atoms with Crippen molar-refractivity contribution < 1.29 is 9.59 Å². The highest BCUT2D eigenvalue weighted by Crippen LogP contribution is 2.31. The number of hydrogen-bond acceptors (Lipinski definition) is 3. The highest BCUT2D eigenvalue weighted by Gasteiger charge is 2.43. The lowest BCUT2D eigenvalue weighted by atomic mass is 9.76. The third-order valence-electron chi connectivity index (χ3n) is 3.89. The third kappa shape index (κ3) is 2.29. The molecule has 0 radical (unpaired) electrons. The van der Waals surface area contributed by atoms with Crippen molar-refractivity contribution in [2.24, 2.45) is 5.73 Å². The molecule has 0 aromatic rings. The van der Waals surface area contributed by atoms with E-state index in [0.717, 1.165) is 19.3 Å². The van der Waals surface area contributed by atoms with E-state index in [1.807, 2.05) is 0 Å². The van der Waals surface area contributed by atoms with E-state index >= 15 is 0 Å². The Hall–Kier alpha value is -1.30. The second kappa shape index (κ2) is 4.76. The van der Waals surface area contributed by atoms with Gasteiger partial charge in [-0.25, -0.2) is 4.79 Å². The van der Waals surface area contributed by atoms with Crippen LogP contribution in [0, 0.1) is 0 Å². The summed E-state index contributed by atoms with van der Waals surface area (Å²) in [6.07, 6.45) is 2.63. The number of rotatable bonds is 1. The predicted molar refractivity (Wildman–Crippen MR) is 68.0 cm³/mol. The molecule has 2 fully saturated rings. The van der Waals surface area contributed by atoms with Gasteiger partial charge in [-0.15, -0.1) is 0 Å². The summed E-state index contributed by atoms with van der Waals surface area (Å²) in [6.45, 7) is 2.38. The van der Waals surface area contributed by atoms with Crippen LogP contribution < -0.4 is 5.73 Å². The first kappa shape index (κ1) is 13.1. The van der Waals surface area contributed by atoms with Gasteiger partial charge >= 0.3 is 6.03 Å². The van der Waals surface area contributed by atoms with Gasteiger partial charge in [0.25, 0.3) is 0 Å². The van der Waals surface area contributed by atoms with Crippen molar-refractivity contribution in [2.75, 3.05) is 40.3 Å². The van der Waals surface area contributed by atoms with Crippen LogP contribution in [0.25, 0.3) is 0 Å². The maximum atomic E-state index is 12.2. The smallest absolute Gasteiger partial charge is 0.319 e. The molecule has 0 aromatic carbocycles. The Morgan fingerprint density at radius 1 is 1.06 bits per heavy atom. The molecule has 102 valence electrons. The molecule has 1 saturated carbocycles. The summed E-state index contributed by atoms with van der Waals surface area (Å²) in [5.74, 6) is 0.0608. The maximum Gasteiger partial charge on any atom is 0.319 e. The lowest BCUT2D eigenvalue weighted by Gasteiger charge is -2.43. The molecule has 0 unspecified atom stereocenters. The zero-order valence-electron chi connectivity index (χ0n) is 11.2. The molecule has 3 amide bonds. The second-order valence-corrected chi connectivity index (χ2v) is 5.47. The fourth-order valence-corrected chi connectivity index (χ4v) is 2.47. The molecule has 0 bridgehead atoms. The summed E-state index contributed by atoms with van der Waals surface area (Å²) in [6, 6.07) is 0.00760. The SMILES string of the molecule is CN(C)C(=O)N1CCN(C(=O)C2(N)CCC2)CC1. The predicted octanol–water partition coefficient (Wildman–Crippen LogP) is -0.306. The van der Waals surface area contributed by atoms with Gasteiger partial charge in [0.2, 0.25) is 5.91 Å². The molecule has 2 rings (SSSR count). The van der Waals surface area contributed by atoms with Crippen LogP contribution in [-0.4, -0.2) is 72.5 Å². The van der Waals surface area contributed by atoms with Crippen LogP contribution in [0.5, 0.6) is 0 Å². The Kier molecular flexibility index (Phi) is 3.47. The average molecular weight is 254 g/mol. The second-order valence-electron chi connectivity index (χ2n) is 5.47. The molecule has 1 aliphatic heterocycles. The number of nitrogens with zero attached hydrogens (tertiary/aromatic N) is 3. The molecular weight excluding hydrogens is 232 g/mol. The molecule has 18 heavy (non-hydrogen) atoms. The van der Waals surface area contributed by atoms with E-state index in [1.54, 1.807) is 28.8 Å². The Morgan fingerprint density at radius 3 is 1.94 bits per heavy atom. The van der Waals surface area contributed by atoms with Crippen molar-refractivity contribution in [1.29, 1.82) is 0 Å². The zero-order valence-corrected chi connectivity index (χ0v) is 11.2. The fraction of sp³-hybridized carbons (Fsp3) is 0.833. The minimum absolute atomic E-state index is 0.00760. The molecule has 0 spiro atoms. The van der Waals surface area contributed by atoms with Gasteiger partial charge < -0.3 is 20.4 Å². The van der Waals surface area contributed by atoms with Crippen LogP contribution in [0.1, 0.15) is 19.3 Å². The molecular formula is C12H22N4O2. The van der Waals surface area contributed by atoms with E-state index in [9.17, 15) is 9.59 Å². The highest BCUT2D eigenvalue weighted by molar-refractivity contribution is 5.87. The number of hydrogen-bond donors (Lipinski definition) is 1. The Morgan fingerprint density at radius 2 is 1.56 bits per heavy atom. The summed E-state index contributed by atoms with van der Waals surface area (Å²) in [4.78, 5) is 29.1. The molecule has 1 heterocycles. The number of urea groups is 1. The molecule has 0 aromatic heterocycles. The quantitative estimate of drug-likeness (QED) is 0.698. The van der Waals surface area contributed by atoms with Crippen LogP contribution in [0.2, 0.25) is 0 Å². The van der Waals surface area contributed by atoms with Gasteiger partial charge in [-0.2, -0.15) is 0 Å². The van der Waals surface area contributed by atoms with E-state index in [1.165, 1.54) is 0 Å². The minimum atomic E-state index is -0.617. The summed E-state index contributed by atoms with van der Waals surface area (Å²) < 4.78 is 0. The number of piperazine rings is 1. The summed E-state index contributed by atoms with van der Waals surface area (Å²) in [5.41, 5.74) is 5.42. The van der Waals surface area contributed by atoms with Crippen LogP contribution in [0.15, 0.2) is 0 Å². The van der Waals surface area contributed by atoms with Gasteiger partial charge in [-0.1, -0.05) is 0 Å². The topological polar surface area (TPSA) is 69.9 Å². The monoisotopic (exact) mass is 254 g/mol. The normalized spacial score (nSPS) is 22.4. The first-order chi connectivity index (χ1) is 8.44. The van der Waals surface area contributed by atoms with Gasteiger partial charge in [0.15, 0.2) is 0 Å². The van der Waals surface area contributed by atoms with Gasteiger partial charge in [-0.3, -0.25) is 4.79 Å². The maximum absolute atomic E-state index is 12.2. The summed E-state index contributed by atoms with van der Waals surface area (Å²) >= 11 is 0. The Balaban J connectivity index is 1.87. The molecule has 2 N–H and O–H groups in total. The lowest BCUT2D eigenvalue weighted by molar-refractivity contribution is -0.141. The van der Waals surface area contributed by atoms with E-state index in [4.69, 9.17) is 5.73 Å². The minimum Gasteiger partial charge on any atom is -0.338 e.